The molecule has 0 saturated carbocycles. The number of halogens is 1. The molecule has 0 unspecified atom stereocenters. The highest BCUT2D eigenvalue weighted by atomic mass is 35.5. The summed E-state index contributed by atoms with van der Waals surface area (Å²) in [7, 11) is 0. The highest BCUT2D eigenvalue weighted by Gasteiger charge is 2.20. The molecule has 1 aromatic carbocycles. The Bertz CT molecular complexity index is 507. The van der Waals surface area contributed by atoms with Crippen LogP contribution in [0.25, 0.3) is 0 Å². The Hall–Kier alpha value is -1.55. The lowest BCUT2D eigenvalue weighted by Gasteiger charge is -2.17. The summed E-state index contributed by atoms with van der Waals surface area (Å²) in [6, 6.07) is 5.29. The van der Waals surface area contributed by atoms with Gasteiger partial charge in [0.1, 0.15) is 0 Å². The van der Waals surface area contributed by atoms with E-state index in [-0.39, 0.29) is 18.2 Å². The van der Waals surface area contributed by atoms with E-state index in [1.54, 1.807) is 18.2 Å². The van der Waals surface area contributed by atoms with Crippen molar-refractivity contribution in [2.24, 2.45) is 5.41 Å². The molecule has 5 heteroatoms. The van der Waals surface area contributed by atoms with Crippen molar-refractivity contribution in [1.82, 2.24) is 5.32 Å². The van der Waals surface area contributed by atoms with Crippen molar-refractivity contribution in [1.29, 1.82) is 0 Å². The van der Waals surface area contributed by atoms with Gasteiger partial charge in [-0.2, -0.15) is 0 Å². The quantitative estimate of drug-likeness (QED) is 0.897. The lowest BCUT2D eigenvalue weighted by atomic mass is 9.96. The number of hydrogen-bond acceptors (Lipinski definition) is 2. The van der Waals surface area contributed by atoms with E-state index in [1.807, 2.05) is 27.7 Å². The molecular formula is C15H21ClN2O2. The Kier molecular flexibility index (Phi) is 5.57. The van der Waals surface area contributed by atoms with Crippen LogP contribution in [-0.2, 0) is 9.59 Å². The van der Waals surface area contributed by atoms with Crippen molar-refractivity contribution in [3.8, 4) is 0 Å². The van der Waals surface area contributed by atoms with Gasteiger partial charge in [-0.3, -0.25) is 9.59 Å². The molecule has 0 atom stereocenters. The first-order chi connectivity index (χ1) is 9.20. The van der Waals surface area contributed by atoms with Crippen LogP contribution in [0.4, 0.5) is 5.69 Å². The van der Waals surface area contributed by atoms with Crippen molar-refractivity contribution >= 4 is 29.1 Å². The van der Waals surface area contributed by atoms with Gasteiger partial charge in [-0.25, -0.2) is 0 Å². The number of carbonyl (C=O) groups excluding carboxylic acids is 2. The molecule has 1 rings (SSSR count). The van der Waals surface area contributed by atoms with Crippen LogP contribution in [0.15, 0.2) is 18.2 Å². The zero-order valence-electron chi connectivity index (χ0n) is 12.3. The second-order valence-corrected chi connectivity index (χ2v) is 6.20. The maximum absolute atomic E-state index is 11.8. The molecule has 0 aliphatic rings. The molecule has 2 amide bonds. The van der Waals surface area contributed by atoms with Crippen LogP contribution in [0.1, 0.15) is 32.8 Å². The van der Waals surface area contributed by atoms with Gasteiger partial charge in [0, 0.05) is 29.1 Å². The molecule has 0 aliphatic heterocycles. The van der Waals surface area contributed by atoms with E-state index < -0.39 is 5.41 Å². The number of hydrogen-bond donors (Lipinski definition) is 2. The van der Waals surface area contributed by atoms with Gasteiger partial charge in [0.15, 0.2) is 0 Å². The van der Waals surface area contributed by atoms with Gasteiger partial charge < -0.3 is 10.6 Å². The van der Waals surface area contributed by atoms with Crippen molar-refractivity contribution in [2.75, 3.05) is 11.9 Å². The molecule has 0 aliphatic carbocycles. The Labute approximate surface area is 124 Å². The first kappa shape index (κ1) is 16.5. The van der Waals surface area contributed by atoms with Crippen LogP contribution in [0.2, 0.25) is 5.02 Å². The average molecular weight is 297 g/mol. The lowest BCUT2D eigenvalue weighted by Crippen LogP contribution is -2.36. The number of anilines is 1. The molecule has 0 spiro atoms. The smallest absolute Gasteiger partial charge is 0.226 e. The summed E-state index contributed by atoms with van der Waals surface area (Å²) in [6.45, 7) is 7.70. The van der Waals surface area contributed by atoms with Crippen LogP contribution in [0.5, 0.6) is 0 Å². The van der Waals surface area contributed by atoms with Crippen LogP contribution in [0, 0.1) is 12.3 Å². The first-order valence-electron chi connectivity index (χ1n) is 6.54. The third-order valence-corrected chi connectivity index (χ3v) is 3.02. The summed E-state index contributed by atoms with van der Waals surface area (Å²) in [4.78, 5) is 23.4. The van der Waals surface area contributed by atoms with Gasteiger partial charge in [0.05, 0.1) is 0 Å². The summed E-state index contributed by atoms with van der Waals surface area (Å²) in [5.74, 6) is -0.197. The van der Waals surface area contributed by atoms with Gasteiger partial charge in [-0.1, -0.05) is 32.4 Å². The number of nitrogens with one attached hydrogen (secondary N) is 2. The van der Waals surface area contributed by atoms with E-state index in [1.165, 1.54) is 0 Å². The lowest BCUT2D eigenvalue weighted by molar-refractivity contribution is -0.128. The van der Waals surface area contributed by atoms with Crippen molar-refractivity contribution in [2.45, 2.75) is 34.1 Å². The van der Waals surface area contributed by atoms with E-state index in [9.17, 15) is 9.59 Å². The fourth-order valence-electron chi connectivity index (χ4n) is 1.53. The zero-order chi connectivity index (χ0) is 15.3. The maximum atomic E-state index is 11.8. The number of amides is 2. The zero-order valence-corrected chi connectivity index (χ0v) is 13.1. The fourth-order valence-corrected chi connectivity index (χ4v) is 1.76. The highest BCUT2D eigenvalue weighted by Crippen LogP contribution is 2.19. The van der Waals surface area contributed by atoms with Crippen LogP contribution in [0.3, 0.4) is 0 Å². The molecule has 0 saturated heterocycles. The Morgan fingerprint density at radius 1 is 1.25 bits per heavy atom. The fraction of sp³-hybridized carbons (Fsp3) is 0.467. The predicted octanol–water partition coefficient (Wildman–Crippen LogP) is 3.14. The molecule has 110 valence electrons. The second-order valence-electron chi connectivity index (χ2n) is 5.76. The molecule has 0 heterocycles. The third-order valence-electron chi connectivity index (χ3n) is 2.78. The summed E-state index contributed by atoms with van der Waals surface area (Å²) < 4.78 is 0. The highest BCUT2D eigenvalue weighted by molar-refractivity contribution is 6.30. The maximum Gasteiger partial charge on any atom is 0.226 e. The summed E-state index contributed by atoms with van der Waals surface area (Å²) in [5.41, 5.74) is 1.20. The molecule has 0 radical (unpaired) electrons. The minimum Gasteiger partial charge on any atom is -0.355 e. The molecule has 1 aromatic rings. The molecule has 2 N–H and O–H groups in total. The number of carbonyl (C=O) groups is 2. The number of rotatable bonds is 4. The van der Waals surface area contributed by atoms with Crippen LogP contribution in [-0.4, -0.2) is 18.4 Å². The molecule has 20 heavy (non-hydrogen) atoms. The van der Waals surface area contributed by atoms with Gasteiger partial charge in [-0.15, -0.1) is 0 Å². The molecule has 0 fully saturated rings. The molecule has 4 nitrogen and oxygen atoms in total. The SMILES string of the molecule is Cc1cc(Cl)ccc1NC(=O)CCNC(=O)C(C)(C)C. The van der Waals surface area contributed by atoms with E-state index in [0.29, 0.717) is 11.6 Å². The van der Waals surface area contributed by atoms with E-state index in [2.05, 4.69) is 10.6 Å². The van der Waals surface area contributed by atoms with Gasteiger partial charge >= 0.3 is 0 Å². The summed E-state index contributed by atoms with van der Waals surface area (Å²) in [6.07, 6.45) is 0.240. The van der Waals surface area contributed by atoms with E-state index >= 15 is 0 Å². The molecular weight excluding hydrogens is 276 g/mol. The van der Waals surface area contributed by atoms with Gasteiger partial charge in [0.25, 0.3) is 0 Å². The summed E-state index contributed by atoms with van der Waals surface area (Å²) in [5, 5.41) is 6.18. The van der Waals surface area contributed by atoms with Gasteiger partial charge in [0.2, 0.25) is 11.8 Å². The minimum atomic E-state index is -0.441. The van der Waals surface area contributed by atoms with Crippen LogP contribution >= 0.6 is 11.6 Å². The monoisotopic (exact) mass is 296 g/mol. The van der Waals surface area contributed by atoms with E-state index in [0.717, 1.165) is 11.3 Å². The van der Waals surface area contributed by atoms with Crippen molar-refractivity contribution in [3.63, 3.8) is 0 Å². The van der Waals surface area contributed by atoms with E-state index in [4.69, 9.17) is 11.6 Å². The Morgan fingerprint density at radius 2 is 1.90 bits per heavy atom. The minimum absolute atomic E-state index is 0.0621. The molecule has 0 bridgehead atoms. The Balaban J connectivity index is 2.43. The topological polar surface area (TPSA) is 58.2 Å². The van der Waals surface area contributed by atoms with Crippen LogP contribution < -0.4 is 10.6 Å². The van der Waals surface area contributed by atoms with Crippen molar-refractivity contribution in [3.05, 3.63) is 28.8 Å². The normalized spacial score (nSPS) is 11.1. The predicted molar refractivity (Wildman–Crippen MR) is 81.9 cm³/mol. The number of aryl methyl sites for hydroxylation is 1. The summed E-state index contributed by atoms with van der Waals surface area (Å²) >= 11 is 5.85. The largest absolute Gasteiger partial charge is 0.355 e. The molecule has 0 aromatic heterocycles. The number of benzene rings is 1. The standard InChI is InChI=1S/C15H21ClN2O2/c1-10-9-11(16)5-6-12(10)18-13(19)7-8-17-14(20)15(2,3)4/h5-6,9H,7-8H2,1-4H3,(H,17,20)(H,18,19). The Morgan fingerprint density at radius 3 is 2.45 bits per heavy atom. The first-order valence-corrected chi connectivity index (χ1v) is 6.92. The second kappa shape index (κ2) is 6.75. The third kappa shape index (κ3) is 5.21. The van der Waals surface area contributed by atoms with Gasteiger partial charge in [-0.05, 0) is 30.7 Å². The van der Waals surface area contributed by atoms with Crippen molar-refractivity contribution < 1.29 is 9.59 Å². The average Bonchev–Trinajstić information content (AvgIpc) is 2.31.